The zero-order chi connectivity index (χ0) is 15.6. The number of aryl methyl sites for hydroxylation is 2. The highest BCUT2D eigenvalue weighted by molar-refractivity contribution is 7.92. The molecule has 2 rings (SSSR count). The largest absolute Gasteiger partial charge is 0.280 e. The fraction of sp³-hybridized carbons (Fsp3) is 0.133. The minimum absolute atomic E-state index is 0.367. The van der Waals surface area contributed by atoms with Crippen LogP contribution < -0.4 is 4.72 Å². The lowest BCUT2D eigenvalue weighted by atomic mass is 10.1. The molecule has 0 saturated heterocycles. The topological polar surface area (TPSA) is 70.0 Å². The summed E-state index contributed by atoms with van der Waals surface area (Å²) in [6.07, 6.45) is 0. The van der Waals surface area contributed by atoms with Gasteiger partial charge in [0.15, 0.2) is 0 Å². The van der Waals surface area contributed by atoms with E-state index in [0.717, 1.165) is 17.2 Å². The van der Waals surface area contributed by atoms with Gasteiger partial charge in [-0.1, -0.05) is 12.1 Å². The molecule has 2 aromatic rings. The summed E-state index contributed by atoms with van der Waals surface area (Å²) in [7, 11) is -4.02. The SMILES string of the molecule is Cc1ccc(NS(=O)(=O)c2cccc(F)c2C#N)cc1C. The normalized spacial score (nSPS) is 11.0. The number of anilines is 1. The second kappa shape index (κ2) is 5.54. The molecular weight excluding hydrogens is 291 g/mol. The van der Waals surface area contributed by atoms with Crippen molar-refractivity contribution in [3.8, 4) is 6.07 Å². The van der Waals surface area contributed by atoms with Crippen molar-refractivity contribution in [1.29, 1.82) is 5.26 Å². The van der Waals surface area contributed by atoms with Crippen LogP contribution >= 0.6 is 0 Å². The molecule has 0 heterocycles. The molecule has 0 saturated carbocycles. The van der Waals surface area contributed by atoms with Gasteiger partial charge in [0.1, 0.15) is 22.3 Å². The molecule has 0 aliphatic rings. The lowest BCUT2D eigenvalue weighted by Gasteiger charge is -2.11. The summed E-state index contributed by atoms with van der Waals surface area (Å²) in [5, 5.41) is 8.93. The Morgan fingerprint density at radius 1 is 1.14 bits per heavy atom. The predicted molar refractivity (Wildman–Crippen MR) is 77.8 cm³/mol. The van der Waals surface area contributed by atoms with Crippen molar-refractivity contribution in [2.45, 2.75) is 18.7 Å². The van der Waals surface area contributed by atoms with Crippen LogP contribution in [0.1, 0.15) is 16.7 Å². The average molecular weight is 304 g/mol. The quantitative estimate of drug-likeness (QED) is 0.947. The summed E-state index contributed by atoms with van der Waals surface area (Å²) in [6, 6.07) is 10.2. The number of rotatable bonds is 3. The van der Waals surface area contributed by atoms with Gasteiger partial charge >= 0.3 is 0 Å². The van der Waals surface area contributed by atoms with Crippen LogP contribution in [0, 0.1) is 31.0 Å². The van der Waals surface area contributed by atoms with Crippen LogP contribution in [0.4, 0.5) is 10.1 Å². The Labute approximate surface area is 122 Å². The number of nitriles is 1. The van der Waals surface area contributed by atoms with Crippen molar-refractivity contribution < 1.29 is 12.8 Å². The molecule has 0 bridgehead atoms. The maximum atomic E-state index is 13.5. The summed E-state index contributed by atoms with van der Waals surface area (Å²) in [5.74, 6) is -0.861. The van der Waals surface area contributed by atoms with Crippen LogP contribution in [0.5, 0.6) is 0 Å². The monoisotopic (exact) mass is 304 g/mol. The van der Waals surface area contributed by atoms with Crippen molar-refractivity contribution in [3.63, 3.8) is 0 Å². The van der Waals surface area contributed by atoms with E-state index in [2.05, 4.69) is 4.72 Å². The van der Waals surface area contributed by atoms with Gasteiger partial charge in [0.05, 0.1) is 0 Å². The van der Waals surface area contributed by atoms with Crippen LogP contribution in [0.3, 0.4) is 0 Å². The second-order valence-corrected chi connectivity index (χ2v) is 6.28. The summed E-state index contributed by atoms with van der Waals surface area (Å²) in [5.41, 5.74) is 1.83. The molecule has 0 spiro atoms. The van der Waals surface area contributed by atoms with Gasteiger partial charge in [-0.2, -0.15) is 5.26 Å². The molecule has 0 atom stereocenters. The number of hydrogen-bond acceptors (Lipinski definition) is 3. The molecule has 0 aliphatic heterocycles. The lowest BCUT2D eigenvalue weighted by molar-refractivity contribution is 0.593. The molecule has 1 N–H and O–H groups in total. The molecule has 6 heteroatoms. The van der Waals surface area contributed by atoms with Gasteiger partial charge in [0.2, 0.25) is 0 Å². The molecule has 0 amide bonds. The first-order chi connectivity index (χ1) is 9.85. The Hall–Kier alpha value is -2.39. The highest BCUT2D eigenvalue weighted by Gasteiger charge is 2.21. The molecule has 0 aromatic heterocycles. The Kier molecular flexibility index (Phi) is 3.96. The Morgan fingerprint density at radius 2 is 1.86 bits per heavy atom. The molecule has 2 aromatic carbocycles. The zero-order valence-electron chi connectivity index (χ0n) is 11.5. The maximum Gasteiger partial charge on any atom is 0.263 e. The highest BCUT2D eigenvalue weighted by atomic mass is 32.2. The third-order valence-corrected chi connectivity index (χ3v) is 4.56. The number of halogens is 1. The minimum atomic E-state index is -4.02. The highest BCUT2D eigenvalue weighted by Crippen LogP contribution is 2.22. The van der Waals surface area contributed by atoms with Gasteiger partial charge in [-0.25, -0.2) is 12.8 Å². The second-order valence-electron chi connectivity index (χ2n) is 4.63. The van der Waals surface area contributed by atoms with E-state index in [1.807, 2.05) is 13.8 Å². The Morgan fingerprint density at radius 3 is 2.48 bits per heavy atom. The first-order valence-corrected chi connectivity index (χ1v) is 7.62. The molecule has 0 fully saturated rings. The molecular formula is C15H13FN2O2S. The van der Waals surface area contributed by atoms with Crippen molar-refractivity contribution in [2.75, 3.05) is 4.72 Å². The van der Waals surface area contributed by atoms with Crippen LogP contribution in [-0.4, -0.2) is 8.42 Å². The minimum Gasteiger partial charge on any atom is -0.280 e. The number of hydrogen-bond donors (Lipinski definition) is 1. The predicted octanol–water partition coefficient (Wildman–Crippen LogP) is 3.12. The van der Waals surface area contributed by atoms with Crippen molar-refractivity contribution in [1.82, 2.24) is 0 Å². The lowest BCUT2D eigenvalue weighted by Crippen LogP contribution is -2.15. The van der Waals surface area contributed by atoms with Crippen molar-refractivity contribution in [2.24, 2.45) is 0 Å². The first kappa shape index (κ1) is 15.0. The van der Waals surface area contributed by atoms with E-state index in [-0.39, 0.29) is 4.90 Å². The molecule has 0 radical (unpaired) electrons. The van der Waals surface area contributed by atoms with Crippen LogP contribution in [0.25, 0.3) is 0 Å². The summed E-state index contributed by atoms with van der Waals surface area (Å²) in [4.78, 5) is -0.372. The van der Waals surface area contributed by atoms with Crippen molar-refractivity contribution >= 4 is 15.7 Å². The van der Waals surface area contributed by atoms with Gasteiger partial charge in [-0.3, -0.25) is 4.72 Å². The maximum absolute atomic E-state index is 13.5. The summed E-state index contributed by atoms with van der Waals surface area (Å²) in [6.45, 7) is 3.77. The zero-order valence-corrected chi connectivity index (χ0v) is 12.3. The van der Waals surface area contributed by atoms with E-state index < -0.39 is 21.4 Å². The molecule has 0 unspecified atom stereocenters. The number of nitrogens with one attached hydrogen (secondary N) is 1. The Balaban J connectivity index is 2.46. The van der Waals surface area contributed by atoms with Gasteiger partial charge in [-0.05, 0) is 49.2 Å². The van der Waals surface area contributed by atoms with E-state index in [0.29, 0.717) is 5.69 Å². The molecule has 21 heavy (non-hydrogen) atoms. The fourth-order valence-corrected chi connectivity index (χ4v) is 3.07. The van der Waals surface area contributed by atoms with Gasteiger partial charge in [0.25, 0.3) is 10.0 Å². The van der Waals surface area contributed by atoms with E-state index in [9.17, 15) is 12.8 Å². The smallest absolute Gasteiger partial charge is 0.263 e. The average Bonchev–Trinajstić information content (AvgIpc) is 2.42. The van der Waals surface area contributed by atoms with Crippen LogP contribution in [-0.2, 0) is 10.0 Å². The van der Waals surface area contributed by atoms with E-state index >= 15 is 0 Å². The standard InChI is InChI=1S/C15H13FN2O2S/c1-10-6-7-12(8-11(10)2)18-21(19,20)15-5-3-4-14(16)13(15)9-17/h3-8,18H,1-2H3. The number of benzene rings is 2. The number of nitrogens with zero attached hydrogens (tertiary/aromatic N) is 1. The van der Waals surface area contributed by atoms with Crippen LogP contribution in [0.15, 0.2) is 41.3 Å². The Bertz CT molecular complexity index is 839. The van der Waals surface area contributed by atoms with Gasteiger partial charge < -0.3 is 0 Å². The van der Waals surface area contributed by atoms with E-state index in [4.69, 9.17) is 5.26 Å². The van der Waals surface area contributed by atoms with Gasteiger partial charge in [-0.15, -0.1) is 0 Å². The summed E-state index contributed by atoms with van der Waals surface area (Å²) >= 11 is 0. The molecule has 108 valence electrons. The third kappa shape index (κ3) is 3.03. The van der Waals surface area contributed by atoms with E-state index in [1.54, 1.807) is 24.3 Å². The summed E-state index contributed by atoms with van der Waals surface area (Å²) < 4.78 is 40.5. The van der Waals surface area contributed by atoms with E-state index in [1.165, 1.54) is 12.1 Å². The molecule has 4 nitrogen and oxygen atoms in total. The number of sulfonamides is 1. The van der Waals surface area contributed by atoms with Gasteiger partial charge in [0, 0.05) is 5.69 Å². The first-order valence-electron chi connectivity index (χ1n) is 6.14. The van der Waals surface area contributed by atoms with Crippen LogP contribution in [0.2, 0.25) is 0 Å². The fourth-order valence-electron chi connectivity index (χ4n) is 1.85. The third-order valence-electron chi connectivity index (χ3n) is 3.14. The molecule has 0 aliphatic carbocycles. The van der Waals surface area contributed by atoms with Crippen molar-refractivity contribution in [3.05, 3.63) is 58.9 Å².